The molecule has 0 aromatic heterocycles. The summed E-state index contributed by atoms with van der Waals surface area (Å²) in [5, 5.41) is 0.463. The van der Waals surface area contributed by atoms with Crippen molar-refractivity contribution >= 4 is 33.3 Å². The third kappa shape index (κ3) is 4.77. The second-order valence-electron chi connectivity index (χ2n) is 6.30. The fourth-order valence-corrected chi connectivity index (χ4v) is 4.09. The van der Waals surface area contributed by atoms with E-state index in [9.17, 15) is 13.2 Å². The molecule has 7 heteroatoms. The molecule has 0 heterocycles. The fourth-order valence-electron chi connectivity index (χ4n) is 2.90. The lowest BCUT2D eigenvalue weighted by Gasteiger charge is -2.21. The van der Waals surface area contributed by atoms with Gasteiger partial charge >= 0.3 is 5.97 Å². The molecular formula is C19H20ClNO4S. The number of sulfonamides is 1. The molecule has 138 valence electrons. The van der Waals surface area contributed by atoms with Crippen LogP contribution in [0.25, 0.3) is 0 Å². The minimum Gasteiger partial charge on any atom is -0.459 e. The van der Waals surface area contributed by atoms with Crippen molar-refractivity contribution in [1.82, 2.24) is 0 Å². The number of halogens is 1. The molecule has 1 N–H and O–H groups in total. The van der Waals surface area contributed by atoms with Crippen molar-refractivity contribution in [3.63, 3.8) is 0 Å². The van der Waals surface area contributed by atoms with E-state index in [1.165, 1.54) is 30.7 Å². The van der Waals surface area contributed by atoms with Crippen LogP contribution in [0.1, 0.15) is 42.5 Å². The largest absolute Gasteiger partial charge is 0.459 e. The van der Waals surface area contributed by atoms with Crippen molar-refractivity contribution in [2.45, 2.75) is 43.1 Å². The quantitative estimate of drug-likeness (QED) is 0.751. The Hall–Kier alpha value is -2.05. The topological polar surface area (TPSA) is 72.5 Å². The Morgan fingerprint density at radius 2 is 1.58 bits per heavy atom. The zero-order valence-corrected chi connectivity index (χ0v) is 15.7. The number of ether oxygens (including phenoxy) is 1. The number of carbonyl (C=O) groups excluding carboxylic acids is 1. The van der Waals surface area contributed by atoms with E-state index in [4.69, 9.17) is 16.3 Å². The summed E-state index contributed by atoms with van der Waals surface area (Å²) in [6, 6.07) is 12.1. The van der Waals surface area contributed by atoms with Crippen molar-refractivity contribution in [3.05, 3.63) is 59.1 Å². The monoisotopic (exact) mass is 393 g/mol. The maximum atomic E-state index is 12.3. The summed E-state index contributed by atoms with van der Waals surface area (Å²) in [6.07, 6.45) is 5.16. The lowest BCUT2D eigenvalue weighted by Crippen LogP contribution is -2.21. The predicted octanol–water partition coefficient (Wildman–Crippen LogP) is 4.63. The molecule has 26 heavy (non-hydrogen) atoms. The molecule has 1 saturated carbocycles. The van der Waals surface area contributed by atoms with E-state index >= 15 is 0 Å². The zero-order chi connectivity index (χ0) is 18.6. The molecule has 0 amide bonds. The van der Waals surface area contributed by atoms with Gasteiger partial charge in [-0.25, -0.2) is 13.2 Å². The van der Waals surface area contributed by atoms with Gasteiger partial charge in [-0.3, -0.25) is 4.72 Å². The van der Waals surface area contributed by atoms with E-state index in [2.05, 4.69) is 4.72 Å². The number of anilines is 1. The first-order valence-electron chi connectivity index (χ1n) is 8.53. The van der Waals surface area contributed by atoms with Gasteiger partial charge in [-0.2, -0.15) is 0 Å². The number of benzene rings is 2. The molecular weight excluding hydrogens is 374 g/mol. The van der Waals surface area contributed by atoms with Gasteiger partial charge in [0.05, 0.1) is 10.5 Å². The number of esters is 1. The van der Waals surface area contributed by atoms with Crippen molar-refractivity contribution in [3.8, 4) is 0 Å². The highest BCUT2D eigenvalue weighted by atomic mass is 35.5. The highest BCUT2D eigenvalue weighted by Crippen LogP contribution is 2.22. The lowest BCUT2D eigenvalue weighted by atomic mass is 9.98. The summed E-state index contributed by atoms with van der Waals surface area (Å²) in [5.74, 6) is -0.371. The Morgan fingerprint density at radius 1 is 0.962 bits per heavy atom. The molecule has 3 rings (SSSR count). The smallest absolute Gasteiger partial charge is 0.338 e. The third-order valence-electron chi connectivity index (χ3n) is 4.32. The number of hydrogen-bond donors (Lipinski definition) is 1. The van der Waals surface area contributed by atoms with Gasteiger partial charge in [-0.15, -0.1) is 0 Å². The van der Waals surface area contributed by atoms with E-state index in [1.807, 2.05) is 0 Å². The van der Waals surface area contributed by atoms with E-state index in [-0.39, 0.29) is 17.0 Å². The van der Waals surface area contributed by atoms with Crippen LogP contribution in [0.15, 0.2) is 53.4 Å². The van der Waals surface area contributed by atoms with E-state index in [0.717, 1.165) is 25.7 Å². The van der Waals surface area contributed by atoms with Crippen LogP contribution in [-0.4, -0.2) is 20.5 Å². The standard InChI is InChI=1S/C19H20ClNO4S/c20-15-8-12-18(13-9-15)26(23,24)21-16-10-6-14(7-11-16)19(22)25-17-4-2-1-3-5-17/h6-13,17,21H,1-5H2. The third-order valence-corrected chi connectivity index (χ3v) is 5.97. The summed E-state index contributed by atoms with van der Waals surface area (Å²) in [4.78, 5) is 12.3. The first kappa shape index (κ1) is 18.7. The molecule has 1 aliphatic carbocycles. The highest BCUT2D eigenvalue weighted by molar-refractivity contribution is 7.92. The van der Waals surface area contributed by atoms with Crippen LogP contribution in [0.3, 0.4) is 0 Å². The van der Waals surface area contributed by atoms with Gasteiger partial charge in [-0.05, 0) is 74.2 Å². The van der Waals surface area contributed by atoms with Crippen LogP contribution in [-0.2, 0) is 14.8 Å². The van der Waals surface area contributed by atoms with Gasteiger partial charge < -0.3 is 4.74 Å². The molecule has 0 radical (unpaired) electrons. The van der Waals surface area contributed by atoms with Gasteiger partial charge in [0.1, 0.15) is 6.10 Å². The average molecular weight is 394 g/mol. The zero-order valence-electron chi connectivity index (χ0n) is 14.2. The molecule has 0 atom stereocenters. The highest BCUT2D eigenvalue weighted by Gasteiger charge is 2.19. The fraction of sp³-hybridized carbons (Fsp3) is 0.316. The second kappa shape index (κ2) is 8.10. The van der Waals surface area contributed by atoms with Gasteiger partial charge in [0.15, 0.2) is 0 Å². The van der Waals surface area contributed by atoms with Gasteiger partial charge in [0.25, 0.3) is 10.0 Å². The molecule has 0 aliphatic heterocycles. The van der Waals surface area contributed by atoms with Crippen LogP contribution in [0, 0.1) is 0 Å². The number of rotatable bonds is 5. The summed E-state index contributed by atoms with van der Waals surface area (Å²) in [5.41, 5.74) is 0.777. The Balaban J connectivity index is 1.65. The predicted molar refractivity (Wildman–Crippen MR) is 101 cm³/mol. The van der Waals surface area contributed by atoms with Crippen LogP contribution in [0.5, 0.6) is 0 Å². The van der Waals surface area contributed by atoms with Crippen LogP contribution in [0.2, 0.25) is 5.02 Å². The molecule has 2 aromatic carbocycles. The minimum atomic E-state index is -3.71. The first-order chi connectivity index (χ1) is 12.4. The summed E-state index contributed by atoms with van der Waals surface area (Å²) >= 11 is 5.78. The van der Waals surface area contributed by atoms with Crippen molar-refractivity contribution in [2.24, 2.45) is 0 Å². The molecule has 0 bridgehead atoms. The average Bonchev–Trinajstić information content (AvgIpc) is 2.63. The Kier molecular flexibility index (Phi) is 5.84. The van der Waals surface area contributed by atoms with E-state index in [0.29, 0.717) is 16.3 Å². The minimum absolute atomic E-state index is 0.0145. The molecule has 0 spiro atoms. The molecule has 2 aromatic rings. The van der Waals surface area contributed by atoms with E-state index < -0.39 is 10.0 Å². The van der Waals surface area contributed by atoms with Crippen LogP contribution < -0.4 is 4.72 Å². The summed E-state index contributed by atoms with van der Waals surface area (Å²) in [7, 11) is -3.71. The van der Waals surface area contributed by atoms with Crippen molar-refractivity contribution in [1.29, 1.82) is 0 Å². The van der Waals surface area contributed by atoms with Gasteiger partial charge in [0.2, 0.25) is 0 Å². The van der Waals surface area contributed by atoms with Crippen molar-refractivity contribution < 1.29 is 17.9 Å². The normalized spacial score (nSPS) is 15.4. The maximum Gasteiger partial charge on any atom is 0.338 e. The molecule has 0 saturated heterocycles. The Labute approximate surface area is 158 Å². The SMILES string of the molecule is O=C(OC1CCCCC1)c1ccc(NS(=O)(=O)c2ccc(Cl)cc2)cc1. The molecule has 1 aliphatic rings. The maximum absolute atomic E-state index is 12.3. The number of hydrogen-bond acceptors (Lipinski definition) is 4. The second-order valence-corrected chi connectivity index (χ2v) is 8.42. The van der Waals surface area contributed by atoms with Gasteiger partial charge in [-0.1, -0.05) is 18.0 Å². The number of nitrogens with one attached hydrogen (secondary N) is 1. The molecule has 5 nitrogen and oxygen atoms in total. The summed E-state index contributed by atoms with van der Waals surface area (Å²) < 4.78 is 32.7. The van der Waals surface area contributed by atoms with Crippen LogP contribution in [0.4, 0.5) is 5.69 Å². The van der Waals surface area contributed by atoms with E-state index in [1.54, 1.807) is 24.3 Å². The lowest BCUT2D eigenvalue weighted by molar-refractivity contribution is 0.0211. The first-order valence-corrected chi connectivity index (χ1v) is 10.4. The number of carbonyl (C=O) groups is 1. The van der Waals surface area contributed by atoms with Crippen LogP contribution >= 0.6 is 11.6 Å². The molecule has 0 unspecified atom stereocenters. The molecule has 1 fully saturated rings. The van der Waals surface area contributed by atoms with Gasteiger partial charge in [0, 0.05) is 10.7 Å². The Morgan fingerprint density at radius 3 is 2.19 bits per heavy atom. The Bertz CT molecular complexity index is 857. The summed E-state index contributed by atoms with van der Waals surface area (Å²) in [6.45, 7) is 0. The van der Waals surface area contributed by atoms with Crippen molar-refractivity contribution in [2.75, 3.05) is 4.72 Å².